The maximum atomic E-state index is 13.6. The standard InChI is InChI=1S/C21H25F2N3O4S2/c1-2-32(29,30)25-17-4-7-26(20(27)21(28)5-3-6-21)18(17)11-16-12-31-19(24-16)13-8-14(22)10-15(23)9-13/h8-10,12,17-18,25,28H,2-7,11H2,1H3/t17-,18-/m1/s1. The highest BCUT2D eigenvalue weighted by atomic mass is 32.2. The Bertz CT molecular complexity index is 1100. The molecule has 32 heavy (non-hydrogen) atoms. The van der Waals surface area contributed by atoms with Gasteiger partial charge in [-0.15, -0.1) is 11.3 Å². The molecule has 2 N–H and O–H groups in total. The fourth-order valence-electron chi connectivity index (χ4n) is 4.23. The summed E-state index contributed by atoms with van der Waals surface area (Å²) < 4.78 is 54.2. The minimum atomic E-state index is -3.50. The summed E-state index contributed by atoms with van der Waals surface area (Å²) in [5, 5.41) is 12.7. The normalized spacial score (nSPS) is 22.7. The number of halogens is 2. The summed E-state index contributed by atoms with van der Waals surface area (Å²) in [4.78, 5) is 19.1. The number of hydrogen-bond acceptors (Lipinski definition) is 6. The van der Waals surface area contributed by atoms with Crippen LogP contribution in [0.25, 0.3) is 10.6 Å². The van der Waals surface area contributed by atoms with Crippen LogP contribution in [0.3, 0.4) is 0 Å². The molecule has 2 atom stereocenters. The van der Waals surface area contributed by atoms with Gasteiger partial charge in [-0.05, 0) is 44.7 Å². The molecule has 2 fully saturated rings. The molecule has 1 saturated carbocycles. The number of rotatable bonds is 7. The molecule has 1 aliphatic heterocycles. The van der Waals surface area contributed by atoms with Crippen molar-refractivity contribution in [1.82, 2.24) is 14.6 Å². The van der Waals surface area contributed by atoms with Crippen LogP contribution in [0.15, 0.2) is 23.6 Å². The number of thiazole rings is 1. The number of hydrogen-bond donors (Lipinski definition) is 2. The molecule has 1 aromatic heterocycles. The lowest BCUT2D eigenvalue weighted by atomic mass is 9.79. The minimum absolute atomic E-state index is 0.0832. The van der Waals surface area contributed by atoms with Gasteiger partial charge >= 0.3 is 0 Å². The Hall–Kier alpha value is -1.95. The average molecular weight is 486 g/mol. The largest absolute Gasteiger partial charge is 0.380 e. The van der Waals surface area contributed by atoms with Gasteiger partial charge in [0, 0.05) is 36.0 Å². The number of sulfonamides is 1. The van der Waals surface area contributed by atoms with E-state index < -0.39 is 39.3 Å². The predicted octanol–water partition coefficient (Wildman–Crippen LogP) is 2.45. The van der Waals surface area contributed by atoms with E-state index in [-0.39, 0.29) is 18.1 Å². The Morgan fingerprint density at radius 1 is 1.31 bits per heavy atom. The number of nitrogens with one attached hydrogen (secondary N) is 1. The summed E-state index contributed by atoms with van der Waals surface area (Å²) in [6, 6.07) is 2.15. The van der Waals surface area contributed by atoms with Crippen LogP contribution >= 0.6 is 11.3 Å². The number of benzene rings is 1. The highest BCUT2D eigenvalue weighted by Crippen LogP contribution is 2.36. The molecule has 1 aliphatic carbocycles. The van der Waals surface area contributed by atoms with Crippen LogP contribution in [-0.4, -0.2) is 59.3 Å². The lowest BCUT2D eigenvalue weighted by Gasteiger charge is -2.40. The maximum absolute atomic E-state index is 13.6. The lowest BCUT2D eigenvalue weighted by molar-refractivity contribution is -0.161. The fraction of sp³-hybridized carbons (Fsp3) is 0.524. The molecule has 0 radical (unpaired) electrons. The van der Waals surface area contributed by atoms with E-state index in [1.54, 1.807) is 10.3 Å². The summed E-state index contributed by atoms with van der Waals surface area (Å²) in [6.07, 6.45) is 2.25. The van der Waals surface area contributed by atoms with Crippen molar-refractivity contribution in [3.63, 3.8) is 0 Å². The van der Waals surface area contributed by atoms with Gasteiger partial charge in [-0.25, -0.2) is 26.9 Å². The molecule has 11 heteroatoms. The molecule has 1 amide bonds. The summed E-state index contributed by atoms with van der Waals surface area (Å²) in [6.45, 7) is 1.87. The smallest absolute Gasteiger partial charge is 0.254 e. The van der Waals surface area contributed by atoms with E-state index in [0.29, 0.717) is 42.1 Å². The molecule has 0 bridgehead atoms. The Balaban J connectivity index is 1.59. The van der Waals surface area contributed by atoms with Gasteiger partial charge < -0.3 is 10.0 Å². The average Bonchev–Trinajstić information content (AvgIpc) is 3.32. The maximum Gasteiger partial charge on any atom is 0.254 e. The van der Waals surface area contributed by atoms with E-state index in [0.717, 1.165) is 12.5 Å². The minimum Gasteiger partial charge on any atom is -0.380 e. The molecule has 0 unspecified atom stereocenters. The number of aliphatic hydroxyl groups is 1. The van der Waals surface area contributed by atoms with E-state index in [4.69, 9.17) is 0 Å². The highest BCUT2D eigenvalue weighted by molar-refractivity contribution is 7.89. The molecule has 0 spiro atoms. The quantitative estimate of drug-likeness (QED) is 0.628. The Morgan fingerprint density at radius 2 is 2.00 bits per heavy atom. The summed E-state index contributed by atoms with van der Waals surface area (Å²) >= 11 is 1.22. The Morgan fingerprint density at radius 3 is 2.59 bits per heavy atom. The van der Waals surface area contributed by atoms with Crippen molar-refractivity contribution in [3.05, 3.63) is 40.9 Å². The summed E-state index contributed by atoms with van der Waals surface area (Å²) in [7, 11) is -3.50. The van der Waals surface area contributed by atoms with Gasteiger partial charge in [0.2, 0.25) is 10.0 Å². The first-order valence-corrected chi connectivity index (χ1v) is 13.1. The third kappa shape index (κ3) is 4.70. The molecular formula is C21H25F2N3O4S2. The van der Waals surface area contributed by atoms with Crippen molar-refractivity contribution >= 4 is 27.3 Å². The second-order valence-electron chi connectivity index (χ2n) is 8.37. The lowest BCUT2D eigenvalue weighted by Crippen LogP contribution is -2.57. The number of amides is 1. The van der Waals surface area contributed by atoms with Gasteiger partial charge in [-0.1, -0.05) is 0 Å². The molecule has 4 rings (SSSR count). The van der Waals surface area contributed by atoms with Crippen LogP contribution < -0.4 is 4.72 Å². The zero-order chi connectivity index (χ0) is 23.1. The van der Waals surface area contributed by atoms with Crippen LogP contribution in [0.2, 0.25) is 0 Å². The molecule has 174 valence electrons. The van der Waals surface area contributed by atoms with Gasteiger partial charge in [0.15, 0.2) is 0 Å². The van der Waals surface area contributed by atoms with E-state index >= 15 is 0 Å². The zero-order valence-electron chi connectivity index (χ0n) is 17.6. The summed E-state index contributed by atoms with van der Waals surface area (Å²) in [5.74, 6) is -1.87. The molecule has 2 aliphatic rings. The van der Waals surface area contributed by atoms with Crippen LogP contribution in [0.5, 0.6) is 0 Å². The van der Waals surface area contributed by atoms with Crippen molar-refractivity contribution in [1.29, 1.82) is 0 Å². The van der Waals surface area contributed by atoms with E-state index in [2.05, 4.69) is 9.71 Å². The van der Waals surface area contributed by atoms with Gasteiger partial charge in [-0.3, -0.25) is 4.79 Å². The first-order chi connectivity index (χ1) is 15.1. The van der Waals surface area contributed by atoms with E-state index in [1.807, 2.05) is 0 Å². The van der Waals surface area contributed by atoms with E-state index in [1.165, 1.54) is 30.4 Å². The van der Waals surface area contributed by atoms with Gasteiger partial charge in [-0.2, -0.15) is 0 Å². The SMILES string of the molecule is CCS(=O)(=O)N[C@@H]1CCN(C(=O)C2(O)CCC2)[C@@H]1Cc1csc(-c2cc(F)cc(F)c2)n1. The number of likely N-dealkylation sites (tertiary alicyclic amines) is 1. The monoisotopic (exact) mass is 485 g/mol. The second-order valence-corrected chi connectivity index (χ2v) is 11.3. The van der Waals surface area contributed by atoms with Crippen molar-refractivity contribution in [2.75, 3.05) is 12.3 Å². The molecule has 2 aromatic rings. The molecule has 2 heterocycles. The Kier molecular flexibility index (Phi) is 6.36. The van der Waals surface area contributed by atoms with Gasteiger partial charge in [0.1, 0.15) is 22.2 Å². The molecule has 1 aromatic carbocycles. The topological polar surface area (TPSA) is 99.6 Å². The van der Waals surface area contributed by atoms with E-state index in [9.17, 15) is 27.1 Å². The highest BCUT2D eigenvalue weighted by Gasteiger charge is 2.49. The Labute approximate surface area is 189 Å². The third-order valence-electron chi connectivity index (χ3n) is 6.18. The number of aromatic nitrogens is 1. The van der Waals surface area contributed by atoms with Crippen molar-refractivity contribution in [2.24, 2.45) is 0 Å². The number of carbonyl (C=O) groups is 1. The third-order valence-corrected chi connectivity index (χ3v) is 8.54. The van der Waals surface area contributed by atoms with Crippen LogP contribution in [-0.2, 0) is 21.2 Å². The molecular weight excluding hydrogens is 460 g/mol. The van der Waals surface area contributed by atoms with Crippen molar-refractivity contribution in [2.45, 2.75) is 56.7 Å². The first kappa shape index (κ1) is 23.2. The van der Waals surface area contributed by atoms with Crippen LogP contribution in [0, 0.1) is 11.6 Å². The van der Waals surface area contributed by atoms with Gasteiger partial charge in [0.25, 0.3) is 5.91 Å². The number of nitrogens with zero attached hydrogens (tertiary/aromatic N) is 2. The predicted molar refractivity (Wildman–Crippen MR) is 116 cm³/mol. The number of carbonyl (C=O) groups excluding carboxylic acids is 1. The summed E-state index contributed by atoms with van der Waals surface area (Å²) in [5.41, 5.74) is -0.492. The van der Waals surface area contributed by atoms with Gasteiger partial charge in [0.05, 0.1) is 17.5 Å². The zero-order valence-corrected chi connectivity index (χ0v) is 19.2. The van der Waals surface area contributed by atoms with Crippen molar-refractivity contribution < 1.29 is 27.1 Å². The second kappa shape index (κ2) is 8.77. The molecule has 1 saturated heterocycles. The fourth-order valence-corrected chi connectivity index (χ4v) is 5.95. The van der Waals surface area contributed by atoms with Crippen LogP contribution in [0.4, 0.5) is 8.78 Å². The van der Waals surface area contributed by atoms with Crippen LogP contribution in [0.1, 0.15) is 38.3 Å². The first-order valence-electron chi connectivity index (χ1n) is 10.5. The molecule has 7 nitrogen and oxygen atoms in total. The van der Waals surface area contributed by atoms with Crippen molar-refractivity contribution in [3.8, 4) is 10.6 Å².